The predicted octanol–water partition coefficient (Wildman–Crippen LogP) is 5.76. The summed E-state index contributed by atoms with van der Waals surface area (Å²) in [5.41, 5.74) is 1.76. The second-order valence-electron chi connectivity index (χ2n) is 8.64. The number of methoxy groups -OCH3 is 1. The molecule has 2 aliphatic rings. The number of hydrogen-bond acceptors (Lipinski definition) is 2. The zero-order valence-corrected chi connectivity index (χ0v) is 15.9. The van der Waals surface area contributed by atoms with Crippen molar-refractivity contribution < 1.29 is 9.53 Å². The Kier molecular flexibility index (Phi) is 6.33. The molecule has 2 fully saturated rings. The molecule has 1 unspecified atom stereocenters. The highest BCUT2D eigenvalue weighted by atomic mass is 16.5. The van der Waals surface area contributed by atoms with E-state index in [1.807, 2.05) is 0 Å². The molecule has 0 aliphatic heterocycles. The van der Waals surface area contributed by atoms with Crippen LogP contribution in [0.2, 0.25) is 0 Å². The maximum Gasteiger partial charge on any atom is 0.330 e. The lowest BCUT2D eigenvalue weighted by Gasteiger charge is -2.44. The molecule has 2 heteroatoms. The van der Waals surface area contributed by atoms with Crippen molar-refractivity contribution in [3.05, 3.63) is 11.6 Å². The monoisotopic (exact) mass is 320 g/mol. The Morgan fingerprint density at radius 3 is 2.70 bits per heavy atom. The molecule has 2 nitrogen and oxygen atoms in total. The Morgan fingerprint density at radius 1 is 1.30 bits per heavy atom. The van der Waals surface area contributed by atoms with Gasteiger partial charge in [-0.3, -0.25) is 0 Å². The van der Waals surface area contributed by atoms with Gasteiger partial charge in [0.1, 0.15) is 0 Å². The van der Waals surface area contributed by atoms with Crippen LogP contribution in [-0.2, 0) is 9.53 Å². The summed E-state index contributed by atoms with van der Waals surface area (Å²) < 4.78 is 4.87. The largest absolute Gasteiger partial charge is 0.466 e. The van der Waals surface area contributed by atoms with Crippen LogP contribution in [0.4, 0.5) is 0 Å². The van der Waals surface area contributed by atoms with Gasteiger partial charge in [-0.15, -0.1) is 0 Å². The van der Waals surface area contributed by atoms with Crippen LogP contribution in [0, 0.1) is 29.1 Å². The fourth-order valence-electron chi connectivity index (χ4n) is 5.45. The Hall–Kier alpha value is -0.790. The molecule has 4 atom stereocenters. The van der Waals surface area contributed by atoms with Gasteiger partial charge in [0.25, 0.3) is 0 Å². The SMILES string of the molecule is COC(=O)/C=C1\CCC[C@@]2(C)C1CC[C@@H]2[C@H](C)CCCC(C)C. The number of allylic oxidation sites excluding steroid dienone is 1. The number of carbonyl (C=O) groups is 1. The lowest BCUT2D eigenvalue weighted by molar-refractivity contribution is -0.135. The number of rotatable bonds is 6. The Balaban J connectivity index is 2.05. The zero-order valence-electron chi connectivity index (χ0n) is 15.9. The van der Waals surface area contributed by atoms with E-state index in [0.29, 0.717) is 11.3 Å². The summed E-state index contributed by atoms with van der Waals surface area (Å²) in [4.78, 5) is 11.7. The van der Waals surface area contributed by atoms with Gasteiger partial charge in [-0.1, -0.05) is 52.5 Å². The van der Waals surface area contributed by atoms with E-state index >= 15 is 0 Å². The van der Waals surface area contributed by atoms with Gasteiger partial charge in [-0.05, 0) is 61.2 Å². The van der Waals surface area contributed by atoms with E-state index in [1.165, 1.54) is 57.6 Å². The van der Waals surface area contributed by atoms with Crippen LogP contribution in [0.5, 0.6) is 0 Å². The molecule has 0 saturated heterocycles. The number of hydrogen-bond donors (Lipinski definition) is 0. The number of ether oxygens (including phenoxy) is 1. The van der Waals surface area contributed by atoms with Crippen molar-refractivity contribution in [1.82, 2.24) is 0 Å². The van der Waals surface area contributed by atoms with Crippen LogP contribution in [0.3, 0.4) is 0 Å². The first-order chi connectivity index (χ1) is 10.9. The first-order valence-corrected chi connectivity index (χ1v) is 9.67. The highest BCUT2D eigenvalue weighted by molar-refractivity contribution is 5.82. The van der Waals surface area contributed by atoms with Crippen LogP contribution in [0.15, 0.2) is 11.6 Å². The van der Waals surface area contributed by atoms with Crippen molar-refractivity contribution in [2.75, 3.05) is 7.11 Å². The first kappa shape index (κ1) is 18.5. The molecule has 23 heavy (non-hydrogen) atoms. The lowest BCUT2D eigenvalue weighted by atomic mass is 9.60. The van der Waals surface area contributed by atoms with Gasteiger partial charge in [0.15, 0.2) is 0 Å². The van der Waals surface area contributed by atoms with Gasteiger partial charge < -0.3 is 4.74 Å². The van der Waals surface area contributed by atoms with Crippen molar-refractivity contribution in [2.24, 2.45) is 29.1 Å². The summed E-state index contributed by atoms with van der Waals surface area (Å²) in [6, 6.07) is 0. The van der Waals surface area contributed by atoms with Gasteiger partial charge >= 0.3 is 5.97 Å². The quantitative estimate of drug-likeness (QED) is 0.459. The average Bonchev–Trinajstić information content (AvgIpc) is 2.84. The average molecular weight is 321 g/mol. The van der Waals surface area contributed by atoms with Crippen LogP contribution in [0.1, 0.15) is 79.1 Å². The third-order valence-corrected chi connectivity index (χ3v) is 6.67. The Bertz CT molecular complexity index is 437. The van der Waals surface area contributed by atoms with Crippen molar-refractivity contribution >= 4 is 5.97 Å². The molecule has 2 aliphatic carbocycles. The molecule has 2 saturated carbocycles. The van der Waals surface area contributed by atoms with Gasteiger partial charge in [-0.2, -0.15) is 0 Å². The van der Waals surface area contributed by atoms with E-state index in [2.05, 4.69) is 27.7 Å². The van der Waals surface area contributed by atoms with Crippen LogP contribution < -0.4 is 0 Å². The third-order valence-electron chi connectivity index (χ3n) is 6.67. The molecule has 0 bridgehead atoms. The van der Waals surface area contributed by atoms with Crippen LogP contribution in [0.25, 0.3) is 0 Å². The molecule has 0 N–H and O–H groups in total. The summed E-state index contributed by atoms with van der Waals surface area (Å²) in [6.45, 7) is 9.61. The normalized spacial score (nSPS) is 33.7. The Labute approximate surface area is 143 Å². The lowest BCUT2D eigenvalue weighted by Crippen LogP contribution is -2.36. The molecule has 0 amide bonds. The minimum atomic E-state index is -0.169. The maximum atomic E-state index is 11.7. The van der Waals surface area contributed by atoms with E-state index in [-0.39, 0.29) is 5.97 Å². The molecule has 0 heterocycles. The van der Waals surface area contributed by atoms with E-state index < -0.39 is 0 Å². The summed E-state index contributed by atoms with van der Waals surface area (Å²) >= 11 is 0. The fraction of sp³-hybridized carbons (Fsp3) is 0.857. The van der Waals surface area contributed by atoms with Crippen molar-refractivity contribution in [2.45, 2.75) is 79.1 Å². The molecule has 0 radical (unpaired) electrons. The molecule has 2 rings (SSSR count). The van der Waals surface area contributed by atoms with E-state index in [1.54, 1.807) is 6.08 Å². The van der Waals surface area contributed by atoms with E-state index in [4.69, 9.17) is 4.74 Å². The number of esters is 1. The maximum absolute atomic E-state index is 11.7. The molecular formula is C21H36O2. The molecule has 0 aromatic carbocycles. The number of fused-ring (bicyclic) bond motifs is 1. The van der Waals surface area contributed by atoms with Gasteiger partial charge in [0.2, 0.25) is 0 Å². The highest BCUT2D eigenvalue weighted by Gasteiger charge is 2.50. The molecule has 0 spiro atoms. The molecular weight excluding hydrogens is 284 g/mol. The summed E-state index contributed by atoms with van der Waals surface area (Å²) in [7, 11) is 1.48. The first-order valence-electron chi connectivity index (χ1n) is 9.67. The van der Waals surface area contributed by atoms with Crippen molar-refractivity contribution in [1.29, 1.82) is 0 Å². The molecule has 0 aromatic rings. The topological polar surface area (TPSA) is 26.3 Å². The second kappa shape index (κ2) is 7.85. The summed E-state index contributed by atoms with van der Waals surface area (Å²) in [5, 5.41) is 0. The van der Waals surface area contributed by atoms with E-state index in [0.717, 1.165) is 24.2 Å². The van der Waals surface area contributed by atoms with E-state index in [9.17, 15) is 4.79 Å². The van der Waals surface area contributed by atoms with Gasteiger partial charge in [-0.25, -0.2) is 4.79 Å². The second-order valence-corrected chi connectivity index (χ2v) is 8.64. The third kappa shape index (κ3) is 4.19. The van der Waals surface area contributed by atoms with Gasteiger partial charge in [0, 0.05) is 6.08 Å². The van der Waals surface area contributed by atoms with Crippen molar-refractivity contribution in [3.8, 4) is 0 Å². The standard InChI is InChI=1S/C21H36O2/c1-15(2)8-6-9-16(3)18-11-12-19-17(14-20(22)23-5)10-7-13-21(18,19)4/h14-16,18-19H,6-13H2,1-5H3/b17-14+/t16-,18-,19?,21-/m1/s1. The molecule has 132 valence electrons. The minimum Gasteiger partial charge on any atom is -0.466 e. The van der Waals surface area contributed by atoms with Crippen LogP contribution >= 0.6 is 0 Å². The zero-order chi connectivity index (χ0) is 17.0. The summed E-state index contributed by atoms with van der Waals surface area (Å²) in [6.07, 6.45) is 12.1. The van der Waals surface area contributed by atoms with Crippen LogP contribution in [-0.4, -0.2) is 13.1 Å². The smallest absolute Gasteiger partial charge is 0.330 e. The Morgan fingerprint density at radius 2 is 2.04 bits per heavy atom. The molecule has 0 aromatic heterocycles. The number of carbonyl (C=O) groups excluding carboxylic acids is 1. The minimum absolute atomic E-state index is 0.169. The highest BCUT2D eigenvalue weighted by Crippen LogP contribution is 2.59. The van der Waals surface area contributed by atoms with Crippen molar-refractivity contribution in [3.63, 3.8) is 0 Å². The predicted molar refractivity (Wildman–Crippen MR) is 96.1 cm³/mol. The summed E-state index contributed by atoms with van der Waals surface area (Å²) in [5.74, 6) is 2.88. The van der Waals surface area contributed by atoms with Gasteiger partial charge in [0.05, 0.1) is 7.11 Å². The fourth-order valence-corrected chi connectivity index (χ4v) is 5.45.